The molecule has 2 atom stereocenters. The van der Waals surface area contributed by atoms with Gasteiger partial charge in [-0.2, -0.15) is 0 Å². The smallest absolute Gasteiger partial charge is 0.352 e. The van der Waals surface area contributed by atoms with Crippen LogP contribution in [0.2, 0.25) is 0 Å². The molecule has 1 aromatic rings. The Hall–Kier alpha value is -2.07. The molecule has 1 fully saturated rings. The zero-order valence-electron chi connectivity index (χ0n) is 11.2. The number of anilines is 1. The van der Waals surface area contributed by atoms with Gasteiger partial charge in [0.1, 0.15) is 17.1 Å². The van der Waals surface area contributed by atoms with E-state index in [1.165, 1.54) is 34.1 Å². The average molecular weight is 340 g/mol. The minimum Gasteiger partial charge on any atom is -0.477 e. The van der Waals surface area contributed by atoms with Crippen LogP contribution in [0.25, 0.3) is 0 Å². The van der Waals surface area contributed by atoms with Gasteiger partial charge >= 0.3 is 5.97 Å². The lowest BCUT2D eigenvalue weighted by molar-refractivity contribution is -0.150. The van der Waals surface area contributed by atoms with Gasteiger partial charge in [0.15, 0.2) is 5.13 Å². The van der Waals surface area contributed by atoms with Gasteiger partial charge in [0.25, 0.3) is 5.91 Å². The van der Waals surface area contributed by atoms with E-state index in [4.69, 9.17) is 10.8 Å². The number of nitrogens with zero attached hydrogens (tertiary/aromatic N) is 2. The largest absolute Gasteiger partial charge is 0.477 e. The summed E-state index contributed by atoms with van der Waals surface area (Å²) in [6.07, 6.45) is 1.54. The van der Waals surface area contributed by atoms with Gasteiger partial charge in [-0.1, -0.05) is 0 Å². The molecule has 8 nitrogen and oxygen atoms in total. The van der Waals surface area contributed by atoms with Crippen LogP contribution in [0.3, 0.4) is 0 Å². The van der Waals surface area contributed by atoms with Gasteiger partial charge in [-0.05, 0) is 6.08 Å². The Kier molecular flexibility index (Phi) is 3.79. The zero-order valence-corrected chi connectivity index (χ0v) is 12.8. The molecule has 2 aliphatic heterocycles. The standard InChI is InChI=1S/C12H12N4O4S2/c13-12-14-5(4-22-12)3-7(17)15-8-9(18)16-6(11(19)20)1-2-21-10(8)16/h1,4,8,10H,2-3H2,(H2,13,14)(H,15,17)(H,19,20)/t8?,10-/m1/s1. The Labute approximate surface area is 133 Å². The number of aromatic nitrogens is 1. The average Bonchev–Trinajstić information content (AvgIpc) is 2.88. The molecule has 0 aromatic carbocycles. The summed E-state index contributed by atoms with van der Waals surface area (Å²) >= 11 is 2.66. The van der Waals surface area contributed by atoms with Gasteiger partial charge in [0, 0.05) is 11.1 Å². The van der Waals surface area contributed by atoms with Crippen molar-refractivity contribution in [3.8, 4) is 0 Å². The van der Waals surface area contributed by atoms with E-state index in [2.05, 4.69) is 10.3 Å². The van der Waals surface area contributed by atoms with Gasteiger partial charge in [-0.3, -0.25) is 14.5 Å². The van der Waals surface area contributed by atoms with Crippen LogP contribution in [0.15, 0.2) is 17.2 Å². The summed E-state index contributed by atoms with van der Waals surface area (Å²) in [4.78, 5) is 40.3. The molecule has 3 rings (SSSR count). The highest BCUT2D eigenvalue weighted by Crippen LogP contribution is 2.37. The van der Waals surface area contributed by atoms with Crippen molar-refractivity contribution in [3.63, 3.8) is 0 Å². The first-order valence-electron chi connectivity index (χ1n) is 6.34. The summed E-state index contributed by atoms with van der Waals surface area (Å²) < 4.78 is 0. The molecule has 0 bridgehead atoms. The number of nitrogens with one attached hydrogen (secondary N) is 1. The highest BCUT2D eigenvalue weighted by Gasteiger charge is 2.52. The minimum absolute atomic E-state index is 0.0217. The molecular formula is C12H12N4O4S2. The Morgan fingerprint density at radius 3 is 2.95 bits per heavy atom. The molecule has 0 aliphatic carbocycles. The van der Waals surface area contributed by atoms with Crippen LogP contribution in [0, 0.1) is 0 Å². The molecule has 3 heterocycles. The molecular weight excluding hydrogens is 328 g/mol. The van der Waals surface area contributed by atoms with Crippen molar-refractivity contribution in [2.75, 3.05) is 11.5 Å². The summed E-state index contributed by atoms with van der Waals surface area (Å²) in [5.74, 6) is -1.39. The van der Waals surface area contributed by atoms with Crippen molar-refractivity contribution in [1.29, 1.82) is 0 Å². The first-order valence-corrected chi connectivity index (χ1v) is 8.27. The normalized spacial score (nSPS) is 23.4. The SMILES string of the molecule is Nc1nc(CC(=O)NC2C(=O)N3C(C(=O)O)=CCS[C@H]23)cs1. The first kappa shape index (κ1) is 14.9. The van der Waals surface area contributed by atoms with E-state index < -0.39 is 17.9 Å². The minimum atomic E-state index is -1.14. The molecule has 0 spiro atoms. The number of aliphatic carboxylic acids is 1. The molecule has 0 radical (unpaired) electrons. The number of rotatable bonds is 4. The molecule has 1 saturated heterocycles. The van der Waals surface area contributed by atoms with Gasteiger partial charge in [-0.25, -0.2) is 9.78 Å². The fraction of sp³-hybridized carbons (Fsp3) is 0.333. The van der Waals surface area contributed by atoms with Crippen LogP contribution in [0.4, 0.5) is 5.13 Å². The van der Waals surface area contributed by atoms with Gasteiger partial charge in [-0.15, -0.1) is 23.1 Å². The van der Waals surface area contributed by atoms with Gasteiger partial charge in [0.05, 0.1) is 12.1 Å². The highest BCUT2D eigenvalue weighted by atomic mass is 32.2. The van der Waals surface area contributed by atoms with Crippen LogP contribution < -0.4 is 11.1 Å². The number of thiazole rings is 1. The number of β-lactam (4-membered cyclic amide) rings is 1. The molecule has 4 N–H and O–H groups in total. The van der Waals surface area contributed by atoms with Crippen molar-refractivity contribution in [3.05, 3.63) is 22.8 Å². The Morgan fingerprint density at radius 1 is 1.55 bits per heavy atom. The number of nitrogen functional groups attached to an aromatic ring is 1. The first-order chi connectivity index (χ1) is 10.5. The number of nitrogens with two attached hydrogens (primary N) is 1. The maximum absolute atomic E-state index is 12.1. The van der Waals surface area contributed by atoms with E-state index in [9.17, 15) is 14.4 Å². The third-order valence-electron chi connectivity index (χ3n) is 3.29. The Balaban J connectivity index is 1.63. The van der Waals surface area contributed by atoms with E-state index in [0.29, 0.717) is 16.6 Å². The van der Waals surface area contributed by atoms with E-state index in [1.54, 1.807) is 5.38 Å². The zero-order chi connectivity index (χ0) is 15.9. The molecule has 2 aliphatic rings. The van der Waals surface area contributed by atoms with E-state index >= 15 is 0 Å². The number of carbonyl (C=O) groups is 3. The van der Waals surface area contributed by atoms with Crippen LogP contribution in [0.5, 0.6) is 0 Å². The summed E-state index contributed by atoms with van der Waals surface area (Å²) in [6.45, 7) is 0. The summed E-state index contributed by atoms with van der Waals surface area (Å²) in [5, 5.41) is 13.4. The number of amides is 2. The fourth-order valence-corrected chi connectivity index (χ4v) is 4.09. The second kappa shape index (κ2) is 5.61. The molecule has 2 amide bonds. The number of thioether (sulfide) groups is 1. The Bertz CT molecular complexity index is 686. The van der Waals surface area contributed by atoms with Crippen LogP contribution in [-0.2, 0) is 20.8 Å². The summed E-state index contributed by atoms with van der Waals surface area (Å²) in [6, 6.07) is -0.698. The lowest BCUT2D eigenvalue weighted by Crippen LogP contribution is -2.70. The third-order valence-corrected chi connectivity index (χ3v) is 5.20. The number of carbonyl (C=O) groups excluding carboxylic acids is 2. The number of fused-ring (bicyclic) bond motifs is 1. The van der Waals surface area contributed by atoms with Crippen molar-refractivity contribution in [2.45, 2.75) is 17.8 Å². The van der Waals surface area contributed by atoms with Gasteiger partial charge in [0.2, 0.25) is 5.91 Å². The molecule has 0 saturated carbocycles. The monoisotopic (exact) mass is 340 g/mol. The lowest BCUT2D eigenvalue weighted by Gasteiger charge is -2.48. The van der Waals surface area contributed by atoms with Crippen molar-refractivity contribution < 1.29 is 19.5 Å². The van der Waals surface area contributed by atoms with Crippen molar-refractivity contribution in [2.24, 2.45) is 0 Å². The summed E-state index contributed by atoms with van der Waals surface area (Å²) in [5.41, 5.74) is 6.02. The second-order valence-corrected chi connectivity index (χ2v) is 6.77. The molecule has 10 heteroatoms. The maximum atomic E-state index is 12.1. The van der Waals surface area contributed by atoms with Crippen molar-refractivity contribution in [1.82, 2.24) is 15.2 Å². The van der Waals surface area contributed by atoms with E-state index in [1.807, 2.05) is 0 Å². The topological polar surface area (TPSA) is 126 Å². The molecule has 116 valence electrons. The van der Waals surface area contributed by atoms with E-state index in [-0.39, 0.29) is 23.4 Å². The number of carboxylic acids is 1. The quantitative estimate of drug-likeness (QED) is 0.639. The molecule has 22 heavy (non-hydrogen) atoms. The van der Waals surface area contributed by atoms with Crippen molar-refractivity contribution >= 4 is 46.0 Å². The van der Waals surface area contributed by atoms with Gasteiger partial charge < -0.3 is 16.2 Å². The number of hydrogen-bond donors (Lipinski definition) is 3. The third kappa shape index (κ3) is 2.55. The predicted octanol–water partition coefficient (Wildman–Crippen LogP) is -0.364. The summed E-state index contributed by atoms with van der Waals surface area (Å²) in [7, 11) is 0. The van der Waals surface area contributed by atoms with E-state index in [0.717, 1.165) is 0 Å². The fourth-order valence-electron chi connectivity index (χ4n) is 2.33. The Morgan fingerprint density at radius 2 is 2.32 bits per heavy atom. The number of carboxylic acid groups (broad SMARTS) is 1. The lowest BCUT2D eigenvalue weighted by atomic mass is 10.0. The van der Waals surface area contributed by atoms with Crippen LogP contribution in [-0.4, -0.2) is 49.9 Å². The molecule has 1 unspecified atom stereocenters. The van der Waals surface area contributed by atoms with Crippen LogP contribution in [0.1, 0.15) is 5.69 Å². The number of hydrogen-bond acceptors (Lipinski definition) is 7. The predicted molar refractivity (Wildman–Crippen MR) is 81.0 cm³/mol. The maximum Gasteiger partial charge on any atom is 0.352 e. The second-order valence-electron chi connectivity index (χ2n) is 4.73. The molecule has 1 aromatic heterocycles. The highest BCUT2D eigenvalue weighted by molar-refractivity contribution is 8.00. The van der Waals surface area contributed by atoms with Crippen LogP contribution >= 0.6 is 23.1 Å².